The molecule has 0 aliphatic heterocycles. The molecule has 1 heterocycles. The van der Waals surface area contributed by atoms with E-state index in [2.05, 4.69) is 0 Å². The second kappa shape index (κ2) is 3.40. The Balaban J connectivity index is 3.52. The second-order valence-electron chi connectivity index (χ2n) is 2.34. The number of H-pyrrole nitrogens is 1. The minimum atomic E-state index is -3.19. The third kappa shape index (κ3) is 1.68. The fourth-order valence-electron chi connectivity index (χ4n) is 0.917. The van der Waals surface area contributed by atoms with Gasteiger partial charge in [-0.15, -0.1) is 0 Å². The third-order valence-electron chi connectivity index (χ3n) is 1.44. The number of pyridine rings is 1. The van der Waals surface area contributed by atoms with Crippen molar-refractivity contribution in [2.75, 3.05) is 0 Å². The topological polar surface area (TPSA) is 96.2 Å². The molecule has 2 N–H and O–H groups in total. The number of nitro groups is 1. The first-order valence-electron chi connectivity index (χ1n) is 3.32. The lowest BCUT2D eigenvalue weighted by Crippen LogP contribution is -2.09. The van der Waals surface area contributed by atoms with Gasteiger partial charge in [0.15, 0.2) is 0 Å². The highest BCUT2D eigenvalue weighted by Gasteiger charge is 2.27. The molecule has 8 heteroatoms. The van der Waals surface area contributed by atoms with E-state index in [-0.39, 0.29) is 0 Å². The number of aromatic hydroxyl groups is 1. The summed E-state index contributed by atoms with van der Waals surface area (Å²) in [6.45, 7) is 0. The van der Waals surface area contributed by atoms with Crippen LogP contribution < -0.4 is 5.56 Å². The number of hydrogen-bond donors (Lipinski definition) is 2. The average Bonchev–Trinajstić information content (AvgIpc) is 2.01. The van der Waals surface area contributed by atoms with Crippen molar-refractivity contribution in [3.05, 3.63) is 32.1 Å². The number of alkyl halides is 2. The predicted octanol–water partition coefficient (Wildman–Crippen LogP) is 0.926. The molecule has 0 atom stereocenters. The van der Waals surface area contributed by atoms with Crippen molar-refractivity contribution in [2.24, 2.45) is 0 Å². The molecule has 14 heavy (non-hydrogen) atoms. The van der Waals surface area contributed by atoms with E-state index in [1.54, 1.807) is 4.98 Å². The molecule has 0 aliphatic rings. The molecule has 0 fully saturated rings. The normalized spacial score (nSPS) is 10.5. The van der Waals surface area contributed by atoms with Crippen LogP contribution in [-0.4, -0.2) is 15.0 Å². The number of aromatic amines is 1. The zero-order chi connectivity index (χ0) is 10.9. The first-order chi connectivity index (χ1) is 6.43. The molecule has 0 saturated carbocycles. The summed E-state index contributed by atoms with van der Waals surface area (Å²) in [4.78, 5) is 21.3. The Kier molecular flexibility index (Phi) is 2.45. The van der Waals surface area contributed by atoms with Crippen molar-refractivity contribution in [3.8, 4) is 5.88 Å². The van der Waals surface area contributed by atoms with E-state index in [1.807, 2.05) is 0 Å². The molecule has 0 unspecified atom stereocenters. The molecule has 0 aliphatic carbocycles. The molecule has 0 bridgehead atoms. The van der Waals surface area contributed by atoms with Crippen molar-refractivity contribution >= 4 is 5.69 Å². The van der Waals surface area contributed by atoms with Crippen LogP contribution in [0.15, 0.2) is 10.9 Å². The van der Waals surface area contributed by atoms with Crippen molar-refractivity contribution in [2.45, 2.75) is 6.43 Å². The van der Waals surface area contributed by atoms with Gasteiger partial charge < -0.3 is 5.11 Å². The molecule has 0 radical (unpaired) electrons. The van der Waals surface area contributed by atoms with Crippen LogP contribution in [0, 0.1) is 10.1 Å². The number of halogens is 2. The third-order valence-corrected chi connectivity index (χ3v) is 1.44. The van der Waals surface area contributed by atoms with Crippen molar-refractivity contribution < 1.29 is 18.8 Å². The summed E-state index contributed by atoms with van der Waals surface area (Å²) in [6.07, 6.45) is -3.19. The lowest BCUT2D eigenvalue weighted by Gasteiger charge is -2.01. The molecule has 0 amide bonds. The maximum absolute atomic E-state index is 12.2. The standard InChI is InChI=1S/C6H4F2N2O4/c7-5(8)2-1-3(11)9-6(12)4(2)10(13)14/h1,5H,(H2,9,11,12). The van der Waals surface area contributed by atoms with Gasteiger partial charge in [-0.05, 0) is 0 Å². The van der Waals surface area contributed by atoms with E-state index in [4.69, 9.17) is 5.11 Å². The summed E-state index contributed by atoms with van der Waals surface area (Å²) in [5, 5.41) is 19.1. The average molecular weight is 206 g/mol. The van der Waals surface area contributed by atoms with Gasteiger partial charge in [-0.1, -0.05) is 0 Å². The summed E-state index contributed by atoms with van der Waals surface area (Å²) in [7, 11) is 0. The molecule has 1 aromatic heterocycles. The summed E-state index contributed by atoms with van der Waals surface area (Å²) in [5.41, 5.74) is -3.31. The van der Waals surface area contributed by atoms with Gasteiger partial charge in [0.25, 0.3) is 17.9 Å². The van der Waals surface area contributed by atoms with Gasteiger partial charge in [0, 0.05) is 6.07 Å². The summed E-state index contributed by atoms with van der Waals surface area (Å²) < 4.78 is 24.4. The van der Waals surface area contributed by atoms with Crippen LogP contribution in [0.1, 0.15) is 12.0 Å². The fraction of sp³-hybridized carbons (Fsp3) is 0.167. The van der Waals surface area contributed by atoms with Gasteiger partial charge in [0.05, 0.1) is 4.92 Å². The highest BCUT2D eigenvalue weighted by atomic mass is 19.3. The van der Waals surface area contributed by atoms with Crippen molar-refractivity contribution in [1.29, 1.82) is 0 Å². The first-order valence-corrected chi connectivity index (χ1v) is 3.32. The second-order valence-corrected chi connectivity index (χ2v) is 2.34. The zero-order valence-electron chi connectivity index (χ0n) is 6.53. The maximum atomic E-state index is 12.2. The van der Waals surface area contributed by atoms with Gasteiger partial charge >= 0.3 is 5.69 Å². The smallest absolute Gasteiger partial charge is 0.337 e. The Morgan fingerprint density at radius 2 is 2.14 bits per heavy atom. The van der Waals surface area contributed by atoms with Crippen LogP contribution in [0.4, 0.5) is 14.5 Å². The Morgan fingerprint density at radius 3 is 2.57 bits per heavy atom. The number of rotatable bonds is 2. The quantitative estimate of drug-likeness (QED) is 0.555. The number of hydrogen-bond acceptors (Lipinski definition) is 4. The van der Waals surface area contributed by atoms with Gasteiger partial charge in [0.2, 0.25) is 0 Å². The van der Waals surface area contributed by atoms with E-state index in [0.29, 0.717) is 6.07 Å². The lowest BCUT2D eigenvalue weighted by atomic mass is 10.2. The highest BCUT2D eigenvalue weighted by Crippen LogP contribution is 2.32. The van der Waals surface area contributed by atoms with Crippen LogP contribution in [0.5, 0.6) is 5.88 Å². The zero-order valence-corrected chi connectivity index (χ0v) is 6.53. The summed E-state index contributed by atoms with van der Waals surface area (Å²) in [5.74, 6) is -1.17. The largest absolute Gasteiger partial charge is 0.490 e. The van der Waals surface area contributed by atoms with Crippen LogP contribution in [0.25, 0.3) is 0 Å². The van der Waals surface area contributed by atoms with Crippen LogP contribution in [0.2, 0.25) is 0 Å². The van der Waals surface area contributed by atoms with E-state index < -0.39 is 34.0 Å². The molecule has 6 nitrogen and oxygen atoms in total. The van der Waals surface area contributed by atoms with E-state index >= 15 is 0 Å². The first kappa shape index (κ1) is 10.1. The van der Waals surface area contributed by atoms with Gasteiger partial charge in [-0.3, -0.25) is 19.9 Å². The van der Waals surface area contributed by atoms with Gasteiger partial charge in [0.1, 0.15) is 5.56 Å². The lowest BCUT2D eigenvalue weighted by molar-refractivity contribution is -0.387. The number of aromatic nitrogens is 1. The van der Waals surface area contributed by atoms with Crippen molar-refractivity contribution in [1.82, 2.24) is 4.98 Å². The van der Waals surface area contributed by atoms with E-state index in [0.717, 1.165) is 0 Å². The number of nitrogens with one attached hydrogen (secondary N) is 1. The number of nitrogens with zero attached hydrogens (tertiary/aromatic N) is 1. The summed E-state index contributed by atoms with van der Waals surface area (Å²) >= 11 is 0. The molecule has 1 aromatic rings. The molecular weight excluding hydrogens is 202 g/mol. The highest BCUT2D eigenvalue weighted by molar-refractivity contribution is 5.47. The molecule has 0 spiro atoms. The van der Waals surface area contributed by atoms with Crippen LogP contribution in [-0.2, 0) is 0 Å². The Labute approximate surface area is 75.0 Å². The SMILES string of the molecule is O=c1cc(C(F)F)c([N+](=O)[O-])c(O)[nH]1. The summed E-state index contributed by atoms with van der Waals surface area (Å²) in [6, 6.07) is 0.377. The molecule has 76 valence electrons. The Hall–Kier alpha value is -1.99. The Bertz CT molecular complexity index is 428. The van der Waals surface area contributed by atoms with E-state index in [1.165, 1.54) is 0 Å². The minimum absolute atomic E-state index is 0.377. The minimum Gasteiger partial charge on any atom is -0.490 e. The molecule has 1 rings (SSSR count). The van der Waals surface area contributed by atoms with Crippen LogP contribution in [0.3, 0.4) is 0 Å². The molecular formula is C6H4F2N2O4. The van der Waals surface area contributed by atoms with Gasteiger partial charge in [-0.2, -0.15) is 0 Å². The van der Waals surface area contributed by atoms with Gasteiger partial charge in [-0.25, -0.2) is 8.78 Å². The van der Waals surface area contributed by atoms with Crippen LogP contribution >= 0.6 is 0 Å². The monoisotopic (exact) mass is 206 g/mol. The molecule has 0 saturated heterocycles. The van der Waals surface area contributed by atoms with E-state index in [9.17, 15) is 23.7 Å². The predicted molar refractivity (Wildman–Crippen MR) is 40.3 cm³/mol. The maximum Gasteiger partial charge on any atom is 0.337 e. The Morgan fingerprint density at radius 1 is 1.57 bits per heavy atom. The molecule has 0 aromatic carbocycles. The fourth-order valence-corrected chi connectivity index (χ4v) is 0.917. The van der Waals surface area contributed by atoms with Crippen molar-refractivity contribution in [3.63, 3.8) is 0 Å².